The number of hydrogen-bond donors (Lipinski definition) is 1. The maximum Gasteiger partial charge on any atom is 0.344 e. The van der Waals surface area contributed by atoms with Crippen LogP contribution in [0.5, 0.6) is 11.5 Å². The van der Waals surface area contributed by atoms with Crippen LogP contribution in [0.1, 0.15) is 19.4 Å². The summed E-state index contributed by atoms with van der Waals surface area (Å²) in [7, 11) is 1.45. The van der Waals surface area contributed by atoms with Gasteiger partial charge >= 0.3 is 5.97 Å². The second kappa shape index (κ2) is 9.13. The lowest BCUT2D eigenvalue weighted by molar-refractivity contribution is -0.149. The minimum Gasteiger partial charge on any atom is -0.493 e. The van der Waals surface area contributed by atoms with Crippen molar-refractivity contribution in [3.63, 3.8) is 0 Å². The Morgan fingerprint density at radius 3 is 2.50 bits per heavy atom. The number of carbonyl (C=O) groups excluding carboxylic acids is 3. The molecule has 0 aromatic heterocycles. The molecule has 1 aliphatic heterocycles. The van der Waals surface area contributed by atoms with Gasteiger partial charge in [-0.1, -0.05) is 24.3 Å². The van der Waals surface area contributed by atoms with Crippen LogP contribution in [0.3, 0.4) is 0 Å². The molecule has 30 heavy (non-hydrogen) atoms. The smallest absolute Gasteiger partial charge is 0.344 e. The van der Waals surface area contributed by atoms with Gasteiger partial charge in [-0.2, -0.15) is 0 Å². The van der Waals surface area contributed by atoms with E-state index in [4.69, 9.17) is 14.2 Å². The molecule has 2 aromatic rings. The fourth-order valence-corrected chi connectivity index (χ4v) is 2.81. The average molecular weight is 410 g/mol. The number of hydrogen-bond acceptors (Lipinski definition) is 6. The Morgan fingerprint density at radius 2 is 1.83 bits per heavy atom. The van der Waals surface area contributed by atoms with E-state index in [1.54, 1.807) is 56.3 Å². The first-order valence-corrected chi connectivity index (χ1v) is 9.31. The SMILES string of the molecule is COc1cc(/C=C2/C(=O)NN(c3ccccc3)C2=O)ccc1OCC(=O)OC(C)C. The second-order valence-electron chi connectivity index (χ2n) is 6.71. The van der Waals surface area contributed by atoms with Gasteiger partial charge in [0.15, 0.2) is 18.1 Å². The molecule has 1 fully saturated rings. The van der Waals surface area contributed by atoms with E-state index in [0.29, 0.717) is 22.7 Å². The average Bonchev–Trinajstić information content (AvgIpc) is 3.01. The van der Waals surface area contributed by atoms with Crippen molar-refractivity contribution in [2.45, 2.75) is 20.0 Å². The van der Waals surface area contributed by atoms with Crippen molar-refractivity contribution in [1.82, 2.24) is 5.43 Å². The third-order valence-corrected chi connectivity index (χ3v) is 4.12. The quantitative estimate of drug-likeness (QED) is 0.428. The van der Waals surface area contributed by atoms with Crippen LogP contribution in [0.4, 0.5) is 5.69 Å². The highest BCUT2D eigenvalue weighted by molar-refractivity contribution is 6.31. The van der Waals surface area contributed by atoms with Crippen LogP contribution in [0.25, 0.3) is 6.08 Å². The molecule has 0 spiro atoms. The van der Waals surface area contributed by atoms with Crippen LogP contribution < -0.4 is 19.9 Å². The van der Waals surface area contributed by atoms with Gasteiger partial charge in [0.05, 0.1) is 18.9 Å². The molecule has 0 saturated carbocycles. The summed E-state index contributed by atoms with van der Waals surface area (Å²) in [6, 6.07) is 13.7. The molecule has 156 valence electrons. The Balaban J connectivity index is 1.77. The van der Waals surface area contributed by atoms with E-state index >= 15 is 0 Å². The van der Waals surface area contributed by atoms with Gasteiger partial charge in [-0.15, -0.1) is 0 Å². The van der Waals surface area contributed by atoms with Crippen molar-refractivity contribution in [1.29, 1.82) is 0 Å². The number of rotatable bonds is 7. The van der Waals surface area contributed by atoms with E-state index in [-0.39, 0.29) is 18.3 Å². The number of carbonyl (C=O) groups is 3. The van der Waals surface area contributed by atoms with Gasteiger partial charge < -0.3 is 14.2 Å². The maximum absolute atomic E-state index is 12.7. The summed E-state index contributed by atoms with van der Waals surface area (Å²) < 4.78 is 15.8. The van der Waals surface area contributed by atoms with Crippen molar-refractivity contribution in [3.05, 3.63) is 59.7 Å². The van der Waals surface area contributed by atoms with Crippen LogP contribution >= 0.6 is 0 Å². The summed E-state index contributed by atoms with van der Waals surface area (Å²) in [5.41, 5.74) is 3.67. The molecule has 0 aliphatic carbocycles. The number of benzene rings is 2. The first kappa shape index (κ1) is 20.9. The van der Waals surface area contributed by atoms with Gasteiger partial charge in [0.2, 0.25) is 0 Å². The van der Waals surface area contributed by atoms with E-state index in [1.165, 1.54) is 18.2 Å². The van der Waals surface area contributed by atoms with E-state index < -0.39 is 17.8 Å². The molecule has 3 rings (SSSR count). The highest BCUT2D eigenvalue weighted by Crippen LogP contribution is 2.30. The Hall–Kier alpha value is -3.81. The normalized spacial score (nSPS) is 14.8. The highest BCUT2D eigenvalue weighted by Gasteiger charge is 2.34. The minimum atomic E-state index is -0.500. The third kappa shape index (κ3) is 4.78. The summed E-state index contributed by atoms with van der Waals surface area (Å²) in [6.45, 7) is 3.24. The van der Waals surface area contributed by atoms with E-state index in [0.717, 1.165) is 0 Å². The Bertz CT molecular complexity index is 984. The molecule has 1 aliphatic rings. The summed E-state index contributed by atoms with van der Waals surface area (Å²) in [5, 5.41) is 1.20. The zero-order valence-electron chi connectivity index (χ0n) is 16.9. The predicted octanol–water partition coefficient (Wildman–Crippen LogP) is 2.49. The van der Waals surface area contributed by atoms with Gasteiger partial charge in [0, 0.05) is 0 Å². The number of amides is 2. The summed E-state index contributed by atoms with van der Waals surface area (Å²) in [5.74, 6) is -0.755. The molecule has 0 bridgehead atoms. The van der Waals surface area contributed by atoms with Gasteiger partial charge in [0.1, 0.15) is 5.57 Å². The zero-order chi connectivity index (χ0) is 21.7. The number of hydrazine groups is 1. The first-order valence-electron chi connectivity index (χ1n) is 9.31. The van der Waals surface area contributed by atoms with Crippen LogP contribution in [0.2, 0.25) is 0 Å². The Kier molecular flexibility index (Phi) is 6.36. The first-order chi connectivity index (χ1) is 14.4. The monoisotopic (exact) mass is 410 g/mol. The van der Waals surface area contributed by atoms with Crippen molar-refractivity contribution < 1.29 is 28.6 Å². The summed E-state index contributed by atoms with van der Waals surface area (Å²) >= 11 is 0. The number of nitrogens with one attached hydrogen (secondary N) is 1. The lowest BCUT2D eigenvalue weighted by Gasteiger charge is -2.14. The minimum absolute atomic E-state index is 0.00455. The van der Waals surface area contributed by atoms with Crippen LogP contribution in [-0.2, 0) is 19.1 Å². The molecule has 0 radical (unpaired) electrons. The molecule has 1 heterocycles. The summed E-state index contributed by atoms with van der Waals surface area (Å²) in [4.78, 5) is 36.6. The topological polar surface area (TPSA) is 94.2 Å². The zero-order valence-corrected chi connectivity index (χ0v) is 16.9. The fraction of sp³-hybridized carbons (Fsp3) is 0.227. The van der Waals surface area contributed by atoms with E-state index in [1.807, 2.05) is 6.07 Å². The third-order valence-electron chi connectivity index (χ3n) is 4.12. The number of ether oxygens (including phenoxy) is 3. The van der Waals surface area contributed by atoms with Gasteiger partial charge in [0.25, 0.3) is 11.8 Å². The van der Waals surface area contributed by atoms with Crippen LogP contribution in [0, 0.1) is 0 Å². The van der Waals surface area contributed by atoms with Crippen LogP contribution in [-0.4, -0.2) is 37.6 Å². The number of esters is 1. The Labute approximate surface area is 174 Å². The number of para-hydroxylation sites is 1. The molecule has 1 saturated heterocycles. The molecule has 2 aromatic carbocycles. The number of nitrogens with zero attached hydrogens (tertiary/aromatic N) is 1. The maximum atomic E-state index is 12.7. The van der Waals surface area contributed by atoms with Crippen LogP contribution in [0.15, 0.2) is 54.1 Å². The predicted molar refractivity (Wildman–Crippen MR) is 110 cm³/mol. The molecular formula is C22H22N2O6. The molecule has 0 unspecified atom stereocenters. The molecular weight excluding hydrogens is 388 g/mol. The highest BCUT2D eigenvalue weighted by atomic mass is 16.6. The summed E-state index contributed by atoms with van der Waals surface area (Å²) in [6.07, 6.45) is 1.24. The number of anilines is 1. The molecule has 8 nitrogen and oxygen atoms in total. The molecule has 0 atom stereocenters. The van der Waals surface area contributed by atoms with Crippen molar-refractivity contribution >= 4 is 29.5 Å². The fourth-order valence-electron chi connectivity index (χ4n) is 2.81. The van der Waals surface area contributed by atoms with Gasteiger partial charge in [-0.05, 0) is 49.8 Å². The second-order valence-corrected chi connectivity index (χ2v) is 6.71. The largest absolute Gasteiger partial charge is 0.493 e. The lowest BCUT2D eigenvalue weighted by atomic mass is 10.1. The van der Waals surface area contributed by atoms with E-state index in [9.17, 15) is 14.4 Å². The standard InChI is InChI=1S/C22H22N2O6/c1-14(2)30-20(25)13-29-18-10-9-15(12-19(18)28-3)11-17-21(26)23-24(22(17)27)16-7-5-4-6-8-16/h4-12,14H,13H2,1-3H3,(H,23,26)/b17-11-. The van der Waals surface area contributed by atoms with Crippen molar-refractivity contribution in [3.8, 4) is 11.5 Å². The number of methoxy groups -OCH3 is 1. The molecule has 8 heteroatoms. The van der Waals surface area contributed by atoms with E-state index in [2.05, 4.69) is 5.43 Å². The lowest BCUT2D eigenvalue weighted by Crippen LogP contribution is -2.35. The van der Waals surface area contributed by atoms with Crippen molar-refractivity contribution in [2.75, 3.05) is 18.7 Å². The molecule has 1 N–H and O–H groups in total. The van der Waals surface area contributed by atoms with Gasteiger partial charge in [-0.3, -0.25) is 15.0 Å². The van der Waals surface area contributed by atoms with Crippen molar-refractivity contribution in [2.24, 2.45) is 0 Å². The Morgan fingerprint density at radius 1 is 1.10 bits per heavy atom. The van der Waals surface area contributed by atoms with Gasteiger partial charge in [-0.25, -0.2) is 9.80 Å². The molecule has 2 amide bonds.